The van der Waals surface area contributed by atoms with Crippen molar-refractivity contribution < 1.29 is 13.2 Å². The Morgan fingerprint density at radius 1 is 1.10 bits per heavy atom. The summed E-state index contributed by atoms with van der Waals surface area (Å²) in [6.07, 6.45) is 1.56. The summed E-state index contributed by atoms with van der Waals surface area (Å²) in [7, 11) is -1.95. The molecule has 0 radical (unpaired) electrons. The Balaban J connectivity index is 1.87. The number of aryl methyl sites for hydroxylation is 2. The predicted octanol–water partition coefficient (Wildman–Crippen LogP) is 3.35. The maximum absolute atomic E-state index is 13.4. The molecule has 0 aliphatic carbocycles. The van der Waals surface area contributed by atoms with Gasteiger partial charge in [-0.3, -0.25) is 9.10 Å². The molecule has 31 heavy (non-hydrogen) atoms. The van der Waals surface area contributed by atoms with Crippen LogP contribution in [0.2, 0.25) is 5.02 Å². The Kier molecular flexibility index (Phi) is 7.35. The van der Waals surface area contributed by atoms with Crippen LogP contribution in [0.25, 0.3) is 0 Å². The largest absolute Gasteiger partial charge is 0.306 e. The van der Waals surface area contributed by atoms with Crippen molar-refractivity contribution in [2.45, 2.75) is 31.6 Å². The van der Waals surface area contributed by atoms with E-state index in [2.05, 4.69) is 15.4 Å². The lowest BCUT2D eigenvalue weighted by Crippen LogP contribution is -2.40. The molecule has 9 heteroatoms. The maximum atomic E-state index is 13.4. The van der Waals surface area contributed by atoms with Crippen LogP contribution < -0.4 is 9.73 Å². The van der Waals surface area contributed by atoms with Crippen LogP contribution >= 0.6 is 11.6 Å². The number of hydrazone groups is 1. The third kappa shape index (κ3) is 5.84. The van der Waals surface area contributed by atoms with Gasteiger partial charge < -0.3 is 4.90 Å². The SMILES string of the molecule is Cc1ccc(N(CC(=O)NN=C2CCN(C)CC2)S(=O)(=O)c2ccc(Cl)cc2)cc1C. The van der Waals surface area contributed by atoms with E-state index >= 15 is 0 Å². The van der Waals surface area contributed by atoms with Crippen molar-refractivity contribution in [1.82, 2.24) is 10.3 Å². The quantitative estimate of drug-likeness (QED) is 0.667. The van der Waals surface area contributed by atoms with Gasteiger partial charge in [0.05, 0.1) is 10.6 Å². The zero-order chi connectivity index (χ0) is 22.6. The number of benzene rings is 2. The fourth-order valence-corrected chi connectivity index (χ4v) is 4.76. The third-order valence-corrected chi connectivity index (χ3v) is 7.41. The molecule has 1 amide bonds. The Bertz CT molecular complexity index is 1070. The van der Waals surface area contributed by atoms with Crippen LogP contribution in [0.1, 0.15) is 24.0 Å². The molecule has 1 heterocycles. The number of sulfonamides is 1. The summed E-state index contributed by atoms with van der Waals surface area (Å²) in [5.74, 6) is -0.498. The number of piperidine rings is 1. The van der Waals surface area contributed by atoms with E-state index in [9.17, 15) is 13.2 Å². The van der Waals surface area contributed by atoms with Gasteiger partial charge in [0.1, 0.15) is 6.54 Å². The van der Waals surface area contributed by atoms with Crippen LogP contribution in [0.4, 0.5) is 5.69 Å². The van der Waals surface area contributed by atoms with Gasteiger partial charge in [-0.1, -0.05) is 17.7 Å². The lowest BCUT2D eigenvalue weighted by atomic mass is 10.1. The molecule has 2 aromatic rings. The van der Waals surface area contributed by atoms with E-state index in [1.165, 1.54) is 24.3 Å². The summed E-state index contributed by atoms with van der Waals surface area (Å²) >= 11 is 5.91. The minimum absolute atomic E-state index is 0.0598. The van der Waals surface area contributed by atoms with Crippen molar-refractivity contribution in [3.8, 4) is 0 Å². The van der Waals surface area contributed by atoms with Crippen molar-refractivity contribution in [2.75, 3.05) is 31.0 Å². The molecule has 0 saturated carbocycles. The number of anilines is 1. The Morgan fingerprint density at radius 3 is 2.35 bits per heavy atom. The number of carbonyl (C=O) groups excluding carboxylic acids is 1. The average Bonchev–Trinajstić information content (AvgIpc) is 2.74. The number of halogens is 1. The number of carbonyl (C=O) groups is 1. The number of amides is 1. The van der Waals surface area contributed by atoms with Crippen molar-refractivity contribution in [1.29, 1.82) is 0 Å². The van der Waals surface area contributed by atoms with E-state index in [1.807, 2.05) is 27.0 Å². The number of likely N-dealkylation sites (tertiary alicyclic amines) is 1. The van der Waals surface area contributed by atoms with E-state index in [4.69, 9.17) is 11.6 Å². The number of hydrogen-bond donors (Lipinski definition) is 1. The zero-order valence-corrected chi connectivity index (χ0v) is 19.5. The van der Waals surface area contributed by atoms with Gasteiger partial charge in [-0.2, -0.15) is 5.10 Å². The molecule has 7 nitrogen and oxygen atoms in total. The van der Waals surface area contributed by atoms with Crippen molar-refractivity contribution in [3.63, 3.8) is 0 Å². The van der Waals surface area contributed by atoms with Crippen LogP contribution in [-0.2, 0) is 14.8 Å². The molecule has 0 unspecified atom stereocenters. The molecule has 1 N–H and O–H groups in total. The van der Waals surface area contributed by atoms with E-state index in [1.54, 1.807) is 12.1 Å². The molecule has 1 aliphatic rings. The maximum Gasteiger partial charge on any atom is 0.264 e. The van der Waals surface area contributed by atoms with Crippen LogP contribution in [0, 0.1) is 13.8 Å². The smallest absolute Gasteiger partial charge is 0.264 e. The molecule has 3 rings (SSSR count). The molecular weight excluding hydrogens is 436 g/mol. The molecule has 1 aliphatic heterocycles. The fraction of sp³-hybridized carbons (Fsp3) is 0.364. The number of nitrogens with zero attached hydrogens (tertiary/aromatic N) is 3. The molecule has 0 aromatic heterocycles. The number of rotatable bonds is 6. The first-order chi connectivity index (χ1) is 14.7. The first-order valence-corrected chi connectivity index (χ1v) is 11.9. The van der Waals surface area contributed by atoms with Gasteiger partial charge in [0.25, 0.3) is 15.9 Å². The lowest BCUT2D eigenvalue weighted by Gasteiger charge is -2.25. The normalized spacial score (nSPS) is 14.9. The topological polar surface area (TPSA) is 82.1 Å². The molecular formula is C22H27ClN4O3S. The predicted molar refractivity (Wildman–Crippen MR) is 124 cm³/mol. The van der Waals surface area contributed by atoms with Crippen LogP contribution in [0.3, 0.4) is 0 Å². The first kappa shape index (κ1) is 23.2. The monoisotopic (exact) mass is 462 g/mol. The second kappa shape index (κ2) is 9.80. The zero-order valence-electron chi connectivity index (χ0n) is 17.9. The summed E-state index contributed by atoms with van der Waals surface area (Å²) in [6.45, 7) is 5.23. The molecule has 166 valence electrons. The van der Waals surface area contributed by atoms with Gasteiger partial charge in [-0.25, -0.2) is 13.8 Å². The van der Waals surface area contributed by atoms with Crippen molar-refractivity contribution in [2.24, 2.45) is 5.10 Å². The highest BCUT2D eigenvalue weighted by Gasteiger charge is 2.27. The van der Waals surface area contributed by atoms with Gasteiger partial charge >= 0.3 is 0 Å². The summed E-state index contributed by atoms with van der Waals surface area (Å²) in [5, 5.41) is 4.65. The lowest BCUT2D eigenvalue weighted by molar-refractivity contribution is -0.119. The Morgan fingerprint density at radius 2 is 1.74 bits per heavy atom. The van der Waals surface area contributed by atoms with Crippen molar-refractivity contribution >= 4 is 38.9 Å². The van der Waals surface area contributed by atoms with Crippen molar-refractivity contribution in [3.05, 3.63) is 58.6 Å². The standard InChI is InChI=1S/C22H27ClN4O3S/c1-16-4-7-20(14-17(16)2)27(31(29,30)21-8-5-18(23)6-9-21)15-22(28)25-24-19-10-12-26(3)13-11-19/h4-9,14H,10-13,15H2,1-3H3,(H,25,28). The Hall–Kier alpha value is -2.42. The summed E-state index contributed by atoms with van der Waals surface area (Å²) in [6, 6.07) is 11.2. The third-order valence-electron chi connectivity index (χ3n) is 5.37. The number of hydrogen-bond acceptors (Lipinski definition) is 5. The fourth-order valence-electron chi connectivity index (χ4n) is 3.23. The molecule has 0 atom stereocenters. The molecule has 0 spiro atoms. The van der Waals surface area contributed by atoms with Crippen LogP contribution in [-0.4, -0.2) is 51.6 Å². The second-order valence-electron chi connectivity index (χ2n) is 7.75. The van der Waals surface area contributed by atoms with Gasteiger partial charge in [-0.05, 0) is 68.4 Å². The van der Waals surface area contributed by atoms with Gasteiger partial charge in [0.2, 0.25) is 0 Å². The summed E-state index contributed by atoms with van der Waals surface area (Å²) < 4.78 is 27.9. The molecule has 0 bridgehead atoms. The number of nitrogens with one attached hydrogen (secondary N) is 1. The minimum Gasteiger partial charge on any atom is -0.306 e. The van der Waals surface area contributed by atoms with Crippen LogP contribution in [0.5, 0.6) is 0 Å². The minimum atomic E-state index is -3.99. The Labute approximate surface area is 188 Å². The van der Waals surface area contributed by atoms with E-state index in [0.717, 1.165) is 47.1 Å². The average molecular weight is 463 g/mol. The molecule has 1 saturated heterocycles. The second-order valence-corrected chi connectivity index (χ2v) is 10.0. The highest BCUT2D eigenvalue weighted by Crippen LogP contribution is 2.26. The first-order valence-electron chi connectivity index (χ1n) is 10.0. The highest BCUT2D eigenvalue weighted by atomic mass is 35.5. The highest BCUT2D eigenvalue weighted by molar-refractivity contribution is 7.92. The van der Waals surface area contributed by atoms with E-state index in [0.29, 0.717) is 10.7 Å². The molecule has 1 fully saturated rings. The summed E-state index contributed by atoms with van der Waals surface area (Å²) in [5.41, 5.74) is 5.82. The molecule has 2 aromatic carbocycles. The van der Waals surface area contributed by atoms with E-state index in [-0.39, 0.29) is 11.4 Å². The van der Waals surface area contributed by atoms with Gasteiger partial charge in [0.15, 0.2) is 0 Å². The summed E-state index contributed by atoms with van der Waals surface area (Å²) in [4.78, 5) is 14.9. The van der Waals surface area contributed by atoms with E-state index < -0.39 is 15.9 Å². The van der Waals surface area contributed by atoms with Gasteiger partial charge in [-0.15, -0.1) is 0 Å². The van der Waals surface area contributed by atoms with Gasteiger partial charge in [0, 0.05) is 36.7 Å². The van der Waals surface area contributed by atoms with Crippen LogP contribution in [0.15, 0.2) is 52.5 Å².